The molecular weight excluding hydrogens is 282 g/mol. The molecule has 3 atom stereocenters. The van der Waals surface area contributed by atoms with Crippen molar-refractivity contribution < 1.29 is 0 Å². The van der Waals surface area contributed by atoms with Gasteiger partial charge in [0.15, 0.2) is 0 Å². The molecule has 0 saturated heterocycles. The van der Waals surface area contributed by atoms with Gasteiger partial charge in [-0.25, -0.2) is 9.97 Å². The second-order valence-electron chi connectivity index (χ2n) is 6.12. The summed E-state index contributed by atoms with van der Waals surface area (Å²) in [5.41, 5.74) is 4.50. The molecule has 23 heavy (non-hydrogen) atoms. The summed E-state index contributed by atoms with van der Waals surface area (Å²) in [5.74, 6) is 0.547. The molecule has 3 rings (SSSR count). The minimum atomic E-state index is 0.0273. The van der Waals surface area contributed by atoms with Gasteiger partial charge in [-0.1, -0.05) is 42.5 Å². The molecule has 116 valence electrons. The first-order valence-corrected chi connectivity index (χ1v) is 8.18. The van der Waals surface area contributed by atoms with Crippen LogP contribution in [-0.2, 0) is 6.42 Å². The molecule has 2 aromatic rings. The molecular formula is C20H21N3. The Morgan fingerprint density at radius 2 is 2.04 bits per heavy atom. The quantitative estimate of drug-likeness (QED) is 0.783. The zero-order valence-corrected chi connectivity index (χ0v) is 13.6. The van der Waals surface area contributed by atoms with Gasteiger partial charge in [0.25, 0.3) is 0 Å². The number of nitrogens with zero attached hydrogens (tertiary/aromatic N) is 3. The molecule has 1 aromatic heterocycles. The largest absolute Gasteiger partial charge is 0.240 e. The van der Waals surface area contributed by atoms with E-state index in [4.69, 9.17) is 0 Å². The highest BCUT2D eigenvalue weighted by Gasteiger charge is 2.34. The van der Waals surface area contributed by atoms with E-state index in [9.17, 15) is 5.26 Å². The number of nitriles is 1. The number of hydrogen-bond acceptors (Lipinski definition) is 3. The molecule has 0 bridgehead atoms. The summed E-state index contributed by atoms with van der Waals surface area (Å²) < 4.78 is 0. The van der Waals surface area contributed by atoms with E-state index in [-0.39, 0.29) is 11.8 Å². The first-order valence-electron chi connectivity index (χ1n) is 8.18. The van der Waals surface area contributed by atoms with Crippen LogP contribution in [-0.4, -0.2) is 9.97 Å². The number of aromatic nitrogens is 2. The summed E-state index contributed by atoms with van der Waals surface area (Å²) in [6.45, 7) is 4.05. The van der Waals surface area contributed by atoms with E-state index in [1.54, 1.807) is 6.33 Å². The minimum absolute atomic E-state index is 0.0273. The standard InChI is InChI=1S/C20H21N3/c1-3-7-17-16(14(2)12-21)10-11-18-19(22-13-23-20(17)18)15-8-5-4-6-9-15/h3-9,13-14,16-17H,10-11H2,1-2H3/b7-3-. The number of hydrogen-bond donors (Lipinski definition) is 0. The van der Waals surface area contributed by atoms with Crippen molar-refractivity contribution in [3.8, 4) is 17.3 Å². The molecule has 0 saturated carbocycles. The molecule has 0 radical (unpaired) electrons. The second kappa shape index (κ2) is 6.75. The zero-order chi connectivity index (χ0) is 16.2. The summed E-state index contributed by atoms with van der Waals surface area (Å²) in [4.78, 5) is 9.15. The molecule has 0 aliphatic heterocycles. The van der Waals surface area contributed by atoms with Crippen molar-refractivity contribution in [1.82, 2.24) is 9.97 Å². The van der Waals surface area contributed by atoms with Gasteiger partial charge in [-0.3, -0.25) is 0 Å². The lowest BCUT2D eigenvalue weighted by atomic mass is 9.71. The number of fused-ring (bicyclic) bond motifs is 1. The van der Waals surface area contributed by atoms with E-state index in [1.807, 2.05) is 32.0 Å². The fourth-order valence-corrected chi connectivity index (χ4v) is 3.60. The number of benzene rings is 1. The molecule has 3 nitrogen and oxygen atoms in total. The normalized spacial score (nSPS) is 21.6. The topological polar surface area (TPSA) is 49.6 Å². The molecule has 1 aromatic carbocycles. The van der Waals surface area contributed by atoms with Crippen LogP contribution in [0, 0.1) is 23.2 Å². The lowest BCUT2D eigenvalue weighted by Crippen LogP contribution is -2.26. The molecule has 0 N–H and O–H groups in total. The predicted molar refractivity (Wildman–Crippen MR) is 91.6 cm³/mol. The highest BCUT2D eigenvalue weighted by Crippen LogP contribution is 2.42. The summed E-state index contributed by atoms with van der Waals surface area (Å²) in [5, 5.41) is 9.35. The van der Waals surface area contributed by atoms with Gasteiger partial charge < -0.3 is 0 Å². The molecule has 1 aliphatic carbocycles. The Morgan fingerprint density at radius 1 is 1.26 bits per heavy atom. The van der Waals surface area contributed by atoms with Crippen LogP contribution < -0.4 is 0 Å². The third kappa shape index (κ3) is 2.90. The number of rotatable bonds is 3. The van der Waals surface area contributed by atoms with E-state index < -0.39 is 0 Å². The zero-order valence-electron chi connectivity index (χ0n) is 13.6. The Labute approximate surface area is 137 Å². The first-order chi connectivity index (χ1) is 11.3. The van der Waals surface area contributed by atoms with Gasteiger partial charge in [-0.15, -0.1) is 0 Å². The lowest BCUT2D eigenvalue weighted by molar-refractivity contribution is 0.340. The molecule has 0 amide bonds. The van der Waals surface area contributed by atoms with Crippen LogP contribution in [0.2, 0.25) is 0 Å². The van der Waals surface area contributed by atoms with Gasteiger partial charge in [0.1, 0.15) is 6.33 Å². The minimum Gasteiger partial charge on any atom is -0.240 e. The van der Waals surface area contributed by atoms with Crippen molar-refractivity contribution in [3.05, 3.63) is 60.1 Å². The van der Waals surface area contributed by atoms with Crippen molar-refractivity contribution in [2.24, 2.45) is 11.8 Å². The third-order valence-electron chi connectivity index (χ3n) is 4.78. The van der Waals surface area contributed by atoms with Crippen molar-refractivity contribution in [2.45, 2.75) is 32.6 Å². The van der Waals surface area contributed by atoms with Crippen LogP contribution in [0.15, 0.2) is 48.8 Å². The lowest BCUT2D eigenvalue weighted by Gasteiger charge is -2.33. The maximum atomic E-state index is 9.35. The Hall–Kier alpha value is -2.47. The average molecular weight is 303 g/mol. The van der Waals surface area contributed by atoms with E-state index in [1.165, 1.54) is 5.56 Å². The van der Waals surface area contributed by atoms with Gasteiger partial charge in [-0.2, -0.15) is 5.26 Å². The molecule has 1 heterocycles. The Kier molecular flexibility index (Phi) is 4.52. The van der Waals surface area contributed by atoms with E-state index in [2.05, 4.69) is 40.3 Å². The van der Waals surface area contributed by atoms with Crippen LogP contribution in [0.3, 0.4) is 0 Å². The average Bonchev–Trinajstić information content (AvgIpc) is 2.61. The van der Waals surface area contributed by atoms with Gasteiger partial charge in [0.05, 0.1) is 17.5 Å². The van der Waals surface area contributed by atoms with E-state index in [0.717, 1.165) is 29.8 Å². The monoisotopic (exact) mass is 303 g/mol. The van der Waals surface area contributed by atoms with Crippen LogP contribution in [0.25, 0.3) is 11.3 Å². The van der Waals surface area contributed by atoms with Crippen molar-refractivity contribution in [2.75, 3.05) is 0 Å². The van der Waals surface area contributed by atoms with Crippen LogP contribution in [0.5, 0.6) is 0 Å². The Bertz CT molecular complexity index is 743. The van der Waals surface area contributed by atoms with E-state index >= 15 is 0 Å². The van der Waals surface area contributed by atoms with Crippen LogP contribution in [0.4, 0.5) is 0 Å². The molecule has 0 fully saturated rings. The molecule has 3 heteroatoms. The predicted octanol–water partition coefficient (Wildman–Crippen LogP) is 4.53. The van der Waals surface area contributed by atoms with Gasteiger partial charge in [-0.05, 0) is 32.6 Å². The maximum Gasteiger partial charge on any atom is 0.116 e. The maximum absolute atomic E-state index is 9.35. The van der Waals surface area contributed by atoms with Gasteiger partial charge in [0, 0.05) is 23.0 Å². The summed E-state index contributed by atoms with van der Waals surface area (Å²) in [7, 11) is 0. The van der Waals surface area contributed by atoms with Crippen molar-refractivity contribution >= 4 is 0 Å². The van der Waals surface area contributed by atoms with Crippen molar-refractivity contribution in [1.29, 1.82) is 5.26 Å². The van der Waals surface area contributed by atoms with E-state index in [0.29, 0.717) is 5.92 Å². The SMILES string of the molecule is C/C=C\C1c2ncnc(-c3ccccc3)c2CCC1C(C)C#N. The Balaban J connectivity index is 2.10. The fourth-order valence-electron chi connectivity index (χ4n) is 3.60. The summed E-state index contributed by atoms with van der Waals surface area (Å²) >= 11 is 0. The summed E-state index contributed by atoms with van der Waals surface area (Å²) in [6, 6.07) is 12.7. The van der Waals surface area contributed by atoms with Crippen LogP contribution >= 0.6 is 0 Å². The second-order valence-corrected chi connectivity index (χ2v) is 6.12. The van der Waals surface area contributed by atoms with Crippen LogP contribution in [0.1, 0.15) is 37.4 Å². The molecule has 0 spiro atoms. The number of allylic oxidation sites excluding steroid dienone is 2. The van der Waals surface area contributed by atoms with Gasteiger partial charge in [0.2, 0.25) is 0 Å². The smallest absolute Gasteiger partial charge is 0.116 e. The van der Waals surface area contributed by atoms with Crippen molar-refractivity contribution in [3.63, 3.8) is 0 Å². The highest BCUT2D eigenvalue weighted by molar-refractivity contribution is 5.64. The third-order valence-corrected chi connectivity index (χ3v) is 4.78. The molecule has 3 unspecified atom stereocenters. The Morgan fingerprint density at radius 3 is 2.74 bits per heavy atom. The van der Waals surface area contributed by atoms with Gasteiger partial charge >= 0.3 is 0 Å². The highest BCUT2D eigenvalue weighted by atomic mass is 14.9. The molecule has 1 aliphatic rings. The summed E-state index contributed by atoms with van der Waals surface area (Å²) in [6.07, 6.45) is 7.87. The fraction of sp³-hybridized carbons (Fsp3) is 0.350. The first kappa shape index (κ1) is 15.4.